The van der Waals surface area contributed by atoms with E-state index in [4.69, 9.17) is 31.5 Å². The Morgan fingerprint density at radius 1 is 1.24 bits per heavy atom. The van der Waals surface area contributed by atoms with Crippen LogP contribution in [0.3, 0.4) is 0 Å². The molecule has 2 heterocycles. The van der Waals surface area contributed by atoms with E-state index in [0.717, 1.165) is 19.3 Å². The van der Waals surface area contributed by atoms with Crippen molar-refractivity contribution in [3.63, 3.8) is 0 Å². The van der Waals surface area contributed by atoms with Crippen molar-refractivity contribution in [1.82, 2.24) is 15.2 Å². The second-order valence-electron chi connectivity index (χ2n) is 12.3. The third-order valence-electron chi connectivity index (χ3n) is 7.32. The first-order chi connectivity index (χ1) is 19.2. The lowest BCUT2D eigenvalue weighted by Gasteiger charge is -2.37. The van der Waals surface area contributed by atoms with Gasteiger partial charge < -0.3 is 30.4 Å². The molecule has 0 aliphatic carbocycles. The lowest BCUT2D eigenvalue weighted by molar-refractivity contribution is -0.128. The minimum absolute atomic E-state index is 0.112. The van der Waals surface area contributed by atoms with Gasteiger partial charge in [-0.15, -0.1) is 0 Å². The summed E-state index contributed by atoms with van der Waals surface area (Å²) in [5, 5.41) is 16.3. The summed E-state index contributed by atoms with van der Waals surface area (Å²) in [7, 11) is 1.54. The molecule has 0 saturated carbocycles. The number of fused-ring (bicyclic) bond motifs is 1. The van der Waals surface area contributed by atoms with Gasteiger partial charge >= 0.3 is 6.09 Å². The topological polar surface area (TPSA) is 136 Å². The number of pyridine rings is 1. The van der Waals surface area contributed by atoms with Crippen LogP contribution in [0.1, 0.15) is 67.2 Å². The van der Waals surface area contributed by atoms with E-state index in [1.165, 1.54) is 6.20 Å². The van der Waals surface area contributed by atoms with Crippen LogP contribution < -0.4 is 20.5 Å². The first-order valence-electron chi connectivity index (χ1n) is 14.2. The zero-order chi connectivity index (χ0) is 30.5. The average molecular weight is 593 g/mol. The number of hydrogen-bond acceptors (Lipinski definition) is 8. The van der Waals surface area contributed by atoms with Crippen LogP contribution in [0.2, 0.25) is 5.02 Å². The first kappa shape index (κ1) is 32.7. The lowest BCUT2D eigenvalue weighted by atomic mass is 9.92. The van der Waals surface area contributed by atoms with Crippen molar-refractivity contribution in [2.45, 2.75) is 97.2 Å². The summed E-state index contributed by atoms with van der Waals surface area (Å²) in [5.74, 6) is 0.684. The summed E-state index contributed by atoms with van der Waals surface area (Å²) < 4.78 is 17.2. The zero-order valence-corrected chi connectivity index (χ0v) is 25.9. The molecule has 11 heteroatoms. The van der Waals surface area contributed by atoms with E-state index in [-0.39, 0.29) is 18.9 Å². The van der Waals surface area contributed by atoms with E-state index in [2.05, 4.69) is 24.1 Å². The molecule has 1 aromatic heterocycles. The van der Waals surface area contributed by atoms with Crippen molar-refractivity contribution in [2.24, 2.45) is 17.6 Å². The number of carbonyl (C=O) groups is 2. The number of rotatable bonds is 12. The molecule has 3 rings (SSSR count). The standard InChI is InChI=1S/C30H45ClN4O6/c1-17(2)10-8-11-18(3)25(34-29(38)41-30(4,5)6)28(37)35-16-19(14-22(35)26(32)36)40-27-20-12-9-13-21(31)24(20)23(39-7)15-33-27/h9,12-13,15,17-19,22,25,28,37H,8,10-11,14,16H2,1-7H3,(H2,32,36)(H,34,38). The minimum Gasteiger partial charge on any atom is -0.494 e. The molecule has 0 radical (unpaired) electrons. The van der Waals surface area contributed by atoms with Crippen LogP contribution in [0.15, 0.2) is 24.4 Å². The van der Waals surface area contributed by atoms with Crippen molar-refractivity contribution >= 4 is 34.4 Å². The number of halogens is 1. The summed E-state index contributed by atoms with van der Waals surface area (Å²) >= 11 is 6.45. The summed E-state index contributed by atoms with van der Waals surface area (Å²) in [6.45, 7) is 11.8. The van der Waals surface area contributed by atoms with Gasteiger partial charge in [0.05, 0.1) is 30.4 Å². The maximum atomic E-state index is 12.8. The molecule has 10 nitrogen and oxygen atoms in total. The molecule has 0 spiro atoms. The predicted octanol–water partition coefficient (Wildman–Crippen LogP) is 4.88. The first-order valence-corrected chi connectivity index (χ1v) is 14.6. The number of nitrogens with zero attached hydrogens (tertiary/aromatic N) is 2. The van der Waals surface area contributed by atoms with Crippen LogP contribution in [-0.4, -0.2) is 70.7 Å². The molecule has 1 aromatic carbocycles. The molecule has 4 N–H and O–H groups in total. The number of aliphatic hydroxyl groups is 1. The molecule has 0 bridgehead atoms. The van der Waals surface area contributed by atoms with Gasteiger partial charge in [0.1, 0.15) is 23.7 Å². The quantitative estimate of drug-likeness (QED) is 0.317. The van der Waals surface area contributed by atoms with Crippen LogP contribution in [-0.2, 0) is 9.53 Å². The van der Waals surface area contributed by atoms with Gasteiger partial charge in [-0.1, -0.05) is 51.3 Å². The SMILES string of the molecule is COc1cnc(OC2CC(C(N)=O)N(C(O)C(NC(=O)OC(C)(C)C)C(C)CCCC(C)C)C2)c2cccc(Cl)c12. The number of nitrogens with two attached hydrogens (primary N) is 1. The highest BCUT2D eigenvalue weighted by atomic mass is 35.5. The molecule has 1 aliphatic heterocycles. The number of ether oxygens (including phenoxy) is 3. The Balaban J connectivity index is 1.85. The normalized spacial score (nSPS) is 20.0. The van der Waals surface area contributed by atoms with Crippen LogP contribution in [0.4, 0.5) is 4.79 Å². The second kappa shape index (κ2) is 13.9. The highest BCUT2D eigenvalue weighted by molar-refractivity contribution is 6.36. The number of methoxy groups -OCH3 is 1. The third kappa shape index (κ3) is 8.59. The lowest BCUT2D eigenvalue weighted by Crippen LogP contribution is -2.58. The molecule has 5 unspecified atom stereocenters. The van der Waals surface area contributed by atoms with E-state index in [1.54, 1.807) is 44.9 Å². The summed E-state index contributed by atoms with van der Waals surface area (Å²) in [6, 6.07) is 3.86. The van der Waals surface area contributed by atoms with Crippen LogP contribution >= 0.6 is 11.6 Å². The molecule has 1 aliphatic rings. The Kier molecular flexibility index (Phi) is 11.1. The average Bonchev–Trinajstić information content (AvgIpc) is 3.30. The van der Waals surface area contributed by atoms with Gasteiger partial charge in [0.2, 0.25) is 11.8 Å². The van der Waals surface area contributed by atoms with Crippen molar-refractivity contribution in [1.29, 1.82) is 0 Å². The minimum atomic E-state index is -1.21. The van der Waals surface area contributed by atoms with Crippen molar-refractivity contribution in [3.05, 3.63) is 29.4 Å². The third-order valence-corrected chi connectivity index (χ3v) is 7.63. The Morgan fingerprint density at radius 3 is 2.56 bits per heavy atom. The van der Waals surface area contributed by atoms with Crippen LogP contribution in [0, 0.1) is 11.8 Å². The number of hydrogen-bond donors (Lipinski definition) is 3. The number of benzene rings is 1. The smallest absolute Gasteiger partial charge is 0.408 e. The Hall–Kier alpha value is -2.82. The molecule has 5 atom stereocenters. The van der Waals surface area contributed by atoms with Gasteiger partial charge in [0.15, 0.2) is 0 Å². The number of carbonyl (C=O) groups excluding carboxylic acids is 2. The zero-order valence-electron chi connectivity index (χ0n) is 25.1. The summed E-state index contributed by atoms with van der Waals surface area (Å²) in [5.41, 5.74) is 5.09. The molecule has 1 fully saturated rings. The van der Waals surface area contributed by atoms with Gasteiger partial charge in [-0.2, -0.15) is 0 Å². The van der Waals surface area contributed by atoms with Crippen LogP contribution in [0.25, 0.3) is 10.8 Å². The molecule has 228 valence electrons. The van der Waals surface area contributed by atoms with E-state index < -0.39 is 42.0 Å². The number of likely N-dealkylation sites (tertiary alicyclic amines) is 1. The monoisotopic (exact) mass is 592 g/mol. The molecule has 1 saturated heterocycles. The Bertz CT molecular complexity index is 1200. The Morgan fingerprint density at radius 2 is 1.95 bits per heavy atom. The van der Waals surface area contributed by atoms with Crippen molar-refractivity contribution < 1.29 is 28.9 Å². The number of primary amides is 1. The fourth-order valence-corrected chi connectivity index (χ4v) is 5.55. The highest BCUT2D eigenvalue weighted by Crippen LogP contribution is 2.37. The molecular formula is C30H45ClN4O6. The maximum Gasteiger partial charge on any atom is 0.408 e. The van der Waals surface area contributed by atoms with Crippen molar-refractivity contribution in [3.8, 4) is 11.6 Å². The van der Waals surface area contributed by atoms with E-state index >= 15 is 0 Å². The number of aromatic nitrogens is 1. The molecule has 2 aromatic rings. The van der Waals surface area contributed by atoms with E-state index in [9.17, 15) is 14.7 Å². The molecule has 2 amide bonds. The fourth-order valence-electron chi connectivity index (χ4n) is 5.28. The highest BCUT2D eigenvalue weighted by Gasteiger charge is 2.44. The number of aliphatic hydroxyl groups excluding tert-OH is 1. The van der Waals surface area contributed by atoms with E-state index in [1.807, 2.05) is 13.0 Å². The maximum absolute atomic E-state index is 12.8. The predicted molar refractivity (Wildman–Crippen MR) is 159 cm³/mol. The molecular weight excluding hydrogens is 548 g/mol. The van der Waals surface area contributed by atoms with Gasteiger partial charge in [-0.3, -0.25) is 9.69 Å². The Labute approximate surface area is 247 Å². The number of nitrogens with one attached hydrogen (secondary N) is 1. The number of alkyl carbamates (subject to hydrolysis) is 1. The fraction of sp³-hybridized carbons (Fsp3) is 0.633. The van der Waals surface area contributed by atoms with Gasteiger partial charge in [-0.25, -0.2) is 9.78 Å². The second-order valence-corrected chi connectivity index (χ2v) is 12.7. The van der Waals surface area contributed by atoms with Gasteiger partial charge in [0, 0.05) is 23.7 Å². The largest absolute Gasteiger partial charge is 0.494 e. The van der Waals surface area contributed by atoms with Gasteiger partial charge in [0.25, 0.3) is 0 Å². The summed E-state index contributed by atoms with van der Waals surface area (Å²) in [6.07, 6.45) is 2.15. The number of amides is 2. The molecule has 41 heavy (non-hydrogen) atoms. The van der Waals surface area contributed by atoms with E-state index in [0.29, 0.717) is 33.3 Å². The van der Waals surface area contributed by atoms with Crippen molar-refractivity contribution in [2.75, 3.05) is 13.7 Å². The van der Waals surface area contributed by atoms with Gasteiger partial charge in [-0.05, 0) is 51.2 Å². The van der Waals surface area contributed by atoms with Crippen LogP contribution in [0.5, 0.6) is 11.6 Å². The summed E-state index contributed by atoms with van der Waals surface area (Å²) in [4.78, 5) is 31.4.